The summed E-state index contributed by atoms with van der Waals surface area (Å²) >= 11 is 1.09. The summed E-state index contributed by atoms with van der Waals surface area (Å²) in [6, 6.07) is 7.38. The van der Waals surface area contributed by atoms with E-state index in [9.17, 15) is 14.4 Å². The van der Waals surface area contributed by atoms with Crippen LogP contribution in [-0.4, -0.2) is 104 Å². The molecule has 0 amide bonds. The molecule has 0 saturated heterocycles. The standard InChI is InChI=1S/C36H50N4O10S/c1-6-40(27-12-13-30(26(3)24-27)38-39-33-31(37-4)25-32(51-33)36(43)49-7-2)14-15-45-16-17-46-18-19-47-20-21-48-22-23-50-35(42)29-11-9-8-10-28(29)34(41)44-5/h12-13,24-25,28-29H,6-11,14-23H2,1-3,5H3. The van der Waals surface area contributed by atoms with Crippen LogP contribution >= 0.6 is 11.3 Å². The van der Waals surface area contributed by atoms with E-state index < -0.39 is 17.8 Å². The molecule has 2 atom stereocenters. The van der Waals surface area contributed by atoms with E-state index in [1.165, 1.54) is 13.2 Å². The van der Waals surface area contributed by atoms with E-state index in [0.717, 1.165) is 42.0 Å². The summed E-state index contributed by atoms with van der Waals surface area (Å²) in [5, 5.41) is 8.96. The number of hydrogen-bond acceptors (Lipinski definition) is 14. The zero-order valence-electron chi connectivity index (χ0n) is 30.1. The van der Waals surface area contributed by atoms with Crippen LogP contribution in [-0.2, 0) is 42.7 Å². The van der Waals surface area contributed by atoms with Crippen LogP contribution in [0.4, 0.5) is 22.1 Å². The van der Waals surface area contributed by atoms with Gasteiger partial charge in [-0.2, -0.15) is 10.2 Å². The van der Waals surface area contributed by atoms with E-state index in [1.54, 1.807) is 6.92 Å². The largest absolute Gasteiger partial charge is 0.469 e. The summed E-state index contributed by atoms with van der Waals surface area (Å²) in [6.45, 7) is 18.4. The number of aryl methyl sites for hydroxylation is 1. The Morgan fingerprint density at radius 3 is 2.02 bits per heavy atom. The number of carbonyl (C=O) groups is 3. The molecule has 2 aromatic rings. The summed E-state index contributed by atoms with van der Waals surface area (Å²) in [5.74, 6) is -2.05. The minimum absolute atomic E-state index is 0.131. The molecule has 0 bridgehead atoms. The van der Waals surface area contributed by atoms with E-state index in [4.69, 9.17) is 39.7 Å². The molecular formula is C36H50N4O10S. The molecule has 1 aliphatic rings. The zero-order valence-corrected chi connectivity index (χ0v) is 30.9. The number of ether oxygens (including phenoxy) is 7. The Morgan fingerprint density at radius 1 is 0.843 bits per heavy atom. The van der Waals surface area contributed by atoms with Gasteiger partial charge in [0.05, 0.1) is 90.7 Å². The van der Waals surface area contributed by atoms with Crippen molar-refractivity contribution < 1.29 is 47.5 Å². The van der Waals surface area contributed by atoms with Crippen molar-refractivity contribution in [2.45, 2.75) is 46.5 Å². The Balaban J connectivity index is 1.23. The quantitative estimate of drug-likeness (QED) is 0.0400. The smallest absolute Gasteiger partial charge is 0.347 e. The molecule has 280 valence electrons. The number of hydrogen-bond donors (Lipinski definition) is 0. The molecule has 0 aliphatic heterocycles. The second-order valence-electron chi connectivity index (χ2n) is 11.5. The van der Waals surface area contributed by atoms with Gasteiger partial charge >= 0.3 is 17.9 Å². The summed E-state index contributed by atoms with van der Waals surface area (Å²) in [7, 11) is 1.34. The summed E-state index contributed by atoms with van der Waals surface area (Å²) in [5.41, 5.74) is 2.90. The van der Waals surface area contributed by atoms with Gasteiger partial charge in [0.1, 0.15) is 16.5 Å². The van der Waals surface area contributed by atoms with Crippen molar-refractivity contribution in [1.29, 1.82) is 0 Å². The highest BCUT2D eigenvalue weighted by Crippen LogP contribution is 2.39. The van der Waals surface area contributed by atoms with Crippen molar-refractivity contribution in [3.05, 3.63) is 46.1 Å². The third kappa shape index (κ3) is 14.0. The van der Waals surface area contributed by atoms with Crippen LogP contribution in [0.5, 0.6) is 0 Å². The van der Waals surface area contributed by atoms with Gasteiger partial charge in [-0.15, -0.1) is 11.3 Å². The number of nitrogens with zero attached hydrogens (tertiary/aromatic N) is 4. The van der Waals surface area contributed by atoms with Crippen LogP contribution in [0.1, 0.15) is 54.8 Å². The average molecular weight is 731 g/mol. The molecule has 1 fully saturated rings. The molecule has 51 heavy (non-hydrogen) atoms. The minimum Gasteiger partial charge on any atom is -0.469 e. The monoisotopic (exact) mass is 730 g/mol. The number of esters is 3. The summed E-state index contributed by atoms with van der Waals surface area (Å²) in [4.78, 5) is 42.4. The average Bonchev–Trinajstić information content (AvgIpc) is 3.57. The van der Waals surface area contributed by atoms with Gasteiger partial charge < -0.3 is 38.1 Å². The molecule has 1 aromatic carbocycles. The zero-order chi connectivity index (χ0) is 36.8. The van der Waals surface area contributed by atoms with E-state index in [0.29, 0.717) is 81.2 Å². The minimum atomic E-state index is -0.474. The number of anilines is 1. The molecular weight excluding hydrogens is 680 g/mol. The van der Waals surface area contributed by atoms with E-state index in [-0.39, 0.29) is 37.4 Å². The van der Waals surface area contributed by atoms with Crippen LogP contribution in [0.3, 0.4) is 0 Å². The number of carbonyl (C=O) groups excluding carboxylic acids is 3. The van der Waals surface area contributed by atoms with Crippen LogP contribution in [0.25, 0.3) is 4.85 Å². The topological polar surface area (TPSA) is 148 Å². The first-order valence-corrected chi connectivity index (χ1v) is 18.2. The Morgan fingerprint density at radius 2 is 1.45 bits per heavy atom. The van der Waals surface area contributed by atoms with Crippen LogP contribution < -0.4 is 4.90 Å². The fraction of sp³-hybridized carbons (Fsp3) is 0.611. The van der Waals surface area contributed by atoms with Crippen molar-refractivity contribution in [2.75, 3.05) is 91.2 Å². The van der Waals surface area contributed by atoms with Gasteiger partial charge in [-0.3, -0.25) is 9.59 Å². The Hall–Kier alpha value is -3.94. The van der Waals surface area contributed by atoms with E-state index >= 15 is 0 Å². The van der Waals surface area contributed by atoms with Gasteiger partial charge in [0.25, 0.3) is 0 Å². The predicted octanol–water partition coefficient (Wildman–Crippen LogP) is 6.61. The lowest BCUT2D eigenvalue weighted by Crippen LogP contribution is -2.35. The highest BCUT2D eigenvalue weighted by molar-refractivity contribution is 7.18. The lowest BCUT2D eigenvalue weighted by atomic mass is 9.79. The molecule has 1 heterocycles. The normalized spacial score (nSPS) is 15.7. The highest BCUT2D eigenvalue weighted by Gasteiger charge is 2.37. The van der Waals surface area contributed by atoms with Gasteiger partial charge in [0, 0.05) is 18.8 Å². The summed E-state index contributed by atoms with van der Waals surface area (Å²) in [6.07, 6.45) is 3.10. The molecule has 0 spiro atoms. The number of methoxy groups -OCH3 is 1. The highest BCUT2D eigenvalue weighted by atomic mass is 32.1. The first kappa shape index (κ1) is 41.5. The number of likely N-dealkylation sites (N-methyl/N-ethyl adjacent to an activating group) is 1. The molecule has 0 N–H and O–H groups in total. The second kappa shape index (κ2) is 23.5. The van der Waals surface area contributed by atoms with Crippen molar-refractivity contribution in [3.8, 4) is 0 Å². The predicted molar refractivity (Wildman–Crippen MR) is 191 cm³/mol. The van der Waals surface area contributed by atoms with Crippen molar-refractivity contribution >= 4 is 51.3 Å². The number of rotatable bonds is 23. The first-order valence-electron chi connectivity index (χ1n) is 17.3. The van der Waals surface area contributed by atoms with Gasteiger partial charge in [-0.05, 0) is 63.4 Å². The van der Waals surface area contributed by atoms with Gasteiger partial charge in [-0.25, -0.2) is 9.64 Å². The maximum Gasteiger partial charge on any atom is 0.347 e. The maximum atomic E-state index is 12.4. The number of thiophene rings is 1. The molecule has 3 rings (SSSR count). The molecule has 0 radical (unpaired) electrons. The third-order valence-electron chi connectivity index (χ3n) is 8.13. The first-order chi connectivity index (χ1) is 24.8. The summed E-state index contributed by atoms with van der Waals surface area (Å²) < 4.78 is 37.5. The maximum absolute atomic E-state index is 12.4. The Bertz CT molecular complexity index is 1460. The fourth-order valence-corrected chi connectivity index (χ4v) is 6.25. The van der Waals surface area contributed by atoms with Gasteiger partial charge in [0.2, 0.25) is 5.69 Å². The molecule has 2 unspecified atom stereocenters. The SMILES string of the molecule is [C-]#[N+]c1cc(C(=O)OCC)sc1N=Nc1ccc(N(CC)CCOCCOCCOCCOCCOC(=O)C2CCCCC2C(=O)OC)cc1C. The molecule has 14 nitrogen and oxygen atoms in total. The lowest BCUT2D eigenvalue weighted by Gasteiger charge is -2.27. The Kier molecular flexibility index (Phi) is 19.1. The van der Waals surface area contributed by atoms with Crippen LogP contribution in [0.2, 0.25) is 0 Å². The molecule has 1 saturated carbocycles. The Labute approximate surface area is 304 Å². The lowest BCUT2D eigenvalue weighted by molar-refractivity contribution is -0.162. The third-order valence-corrected chi connectivity index (χ3v) is 9.12. The van der Waals surface area contributed by atoms with Crippen molar-refractivity contribution in [3.63, 3.8) is 0 Å². The van der Waals surface area contributed by atoms with Crippen molar-refractivity contribution in [2.24, 2.45) is 22.1 Å². The number of azo groups is 1. The van der Waals surface area contributed by atoms with E-state index in [2.05, 4.69) is 26.9 Å². The molecule has 1 aliphatic carbocycles. The van der Waals surface area contributed by atoms with Crippen molar-refractivity contribution in [1.82, 2.24) is 0 Å². The van der Waals surface area contributed by atoms with Gasteiger partial charge in [0.15, 0.2) is 0 Å². The van der Waals surface area contributed by atoms with E-state index in [1.807, 2.05) is 25.1 Å². The number of benzene rings is 1. The van der Waals surface area contributed by atoms with Crippen LogP contribution in [0.15, 0.2) is 34.5 Å². The fourth-order valence-electron chi connectivity index (χ4n) is 5.44. The van der Waals surface area contributed by atoms with Gasteiger partial charge in [-0.1, -0.05) is 12.8 Å². The molecule has 1 aromatic heterocycles. The second-order valence-corrected chi connectivity index (χ2v) is 12.6. The molecule has 15 heteroatoms. The van der Waals surface area contributed by atoms with Crippen LogP contribution in [0, 0.1) is 25.3 Å².